The van der Waals surface area contributed by atoms with Crippen molar-refractivity contribution in [3.05, 3.63) is 47.5 Å². The van der Waals surface area contributed by atoms with E-state index in [1.807, 2.05) is 20.0 Å². The lowest BCUT2D eigenvalue weighted by atomic mass is 9.94. The molecule has 0 spiro atoms. The molecule has 0 atom stereocenters. The molecule has 0 aliphatic rings. The SMILES string of the molecule is CCOc1cc2c(NC)c(-c3ccc(OC)c(OC)c3C)ccc2cc1C. The summed E-state index contributed by atoms with van der Waals surface area (Å²) < 4.78 is 16.8. The number of hydrogen-bond donors (Lipinski definition) is 1. The van der Waals surface area contributed by atoms with Crippen LogP contribution in [-0.4, -0.2) is 27.9 Å². The van der Waals surface area contributed by atoms with Crippen LogP contribution in [0.15, 0.2) is 36.4 Å². The van der Waals surface area contributed by atoms with E-state index >= 15 is 0 Å². The third-order valence-electron chi connectivity index (χ3n) is 4.95. The second-order valence-electron chi connectivity index (χ2n) is 6.48. The van der Waals surface area contributed by atoms with Crippen molar-refractivity contribution < 1.29 is 14.2 Å². The quantitative estimate of drug-likeness (QED) is 0.619. The van der Waals surface area contributed by atoms with Gasteiger partial charge in [0.25, 0.3) is 0 Å². The Labute approximate surface area is 161 Å². The van der Waals surface area contributed by atoms with E-state index in [0.29, 0.717) is 6.61 Å². The van der Waals surface area contributed by atoms with Gasteiger partial charge < -0.3 is 19.5 Å². The molecule has 0 aromatic heterocycles. The zero-order chi connectivity index (χ0) is 19.6. The van der Waals surface area contributed by atoms with Gasteiger partial charge in [-0.1, -0.05) is 18.2 Å². The molecule has 4 heteroatoms. The number of anilines is 1. The lowest BCUT2D eigenvalue weighted by Crippen LogP contribution is -1.99. The molecule has 0 radical (unpaired) electrons. The molecule has 0 amide bonds. The summed E-state index contributed by atoms with van der Waals surface area (Å²) in [6, 6.07) is 12.6. The number of methoxy groups -OCH3 is 2. The van der Waals surface area contributed by atoms with Crippen molar-refractivity contribution >= 4 is 16.5 Å². The van der Waals surface area contributed by atoms with E-state index in [1.165, 1.54) is 5.39 Å². The van der Waals surface area contributed by atoms with Crippen molar-refractivity contribution in [1.29, 1.82) is 0 Å². The van der Waals surface area contributed by atoms with Crippen molar-refractivity contribution in [1.82, 2.24) is 0 Å². The Hall–Kier alpha value is -2.88. The van der Waals surface area contributed by atoms with E-state index < -0.39 is 0 Å². The highest BCUT2D eigenvalue weighted by atomic mass is 16.5. The van der Waals surface area contributed by atoms with Crippen LogP contribution < -0.4 is 19.5 Å². The van der Waals surface area contributed by atoms with Gasteiger partial charge in [0.15, 0.2) is 11.5 Å². The van der Waals surface area contributed by atoms with Crippen molar-refractivity contribution in [2.75, 3.05) is 33.2 Å². The summed E-state index contributed by atoms with van der Waals surface area (Å²) in [6.45, 7) is 6.79. The first kappa shape index (κ1) is 18.9. The Morgan fingerprint density at radius 2 is 1.63 bits per heavy atom. The summed E-state index contributed by atoms with van der Waals surface area (Å²) in [6.07, 6.45) is 0. The van der Waals surface area contributed by atoms with Gasteiger partial charge in [-0.05, 0) is 55.5 Å². The average Bonchev–Trinajstić information content (AvgIpc) is 2.67. The van der Waals surface area contributed by atoms with Crippen molar-refractivity contribution in [3.63, 3.8) is 0 Å². The monoisotopic (exact) mass is 365 g/mol. The van der Waals surface area contributed by atoms with Gasteiger partial charge in [0, 0.05) is 29.2 Å². The fraction of sp³-hybridized carbons (Fsp3) is 0.304. The van der Waals surface area contributed by atoms with E-state index in [-0.39, 0.29) is 0 Å². The molecule has 0 aliphatic heterocycles. The van der Waals surface area contributed by atoms with E-state index in [0.717, 1.165) is 50.6 Å². The molecule has 0 bridgehead atoms. The molecule has 0 heterocycles. The zero-order valence-corrected chi connectivity index (χ0v) is 16.9. The minimum absolute atomic E-state index is 0.649. The molecule has 0 saturated heterocycles. The minimum Gasteiger partial charge on any atom is -0.494 e. The third kappa shape index (κ3) is 3.27. The fourth-order valence-electron chi connectivity index (χ4n) is 3.64. The van der Waals surface area contributed by atoms with Gasteiger partial charge in [0.2, 0.25) is 0 Å². The fourth-order valence-corrected chi connectivity index (χ4v) is 3.64. The summed E-state index contributed by atoms with van der Waals surface area (Å²) >= 11 is 0. The molecule has 27 heavy (non-hydrogen) atoms. The standard InChI is InChI=1S/C23H27NO3/c1-7-27-21-13-19-16(12-14(21)2)8-9-18(22(19)24-4)17-10-11-20(25-5)23(26-6)15(17)3/h8-13,24H,7H2,1-6H3. The Kier molecular flexibility index (Phi) is 5.45. The number of hydrogen-bond acceptors (Lipinski definition) is 4. The zero-order valence-electron chi connectivity index (χ0n) is 16.9. The van der Waals surface area contributed by atoms with Crippen LogP contribution in [0.2, 0.25) is 0 Å². The molecule has 0 saturated carbocycles. The summed E-state index contributed by atoms with van der Waals surface area (Å²) in [5.74, 6) is 2.42. The van der Waals surface area contributed by atoms with Gasteiger partial charge in [0.05, 0.1) is 20.8 Å². The van der Waals surface area contributed by atoms with Gasteiger partial charge in [-0.2, -0.15) is 0 Å². The lowest BCUT2D eigenvalue weighted by molar-refractivity contribution is 0.338. The summed E-state index contributed by atoms with van der Waals surface area (Å²) in [5, 5.41) is 5.71. The van der Waals surface area contributed by atoms with Gasteiger partial charge in [-0.25, -0.2) is 0 Å². The Morgan fingerprint density at radius 3 is 2.26 bits per heavy atom. The summed E-state index contributed by atoms with van der Waals surface area (Å²) in [7, 11) is 5.28. The first-order valence-electron chi connectivity index (χ1n) is 9.15. The molecular weight excluding hydrogens is 338 g/mol. The van der Waals surface area contributed by atoms with E-state index in [2.05, 4.69) is 49.5 Å². The summed E-state index contributed by atoms with van der Waals surface area (Å²) in [5.41, 5.74) is 5.49. The van der Waals surface area contributed by atoms with Crippen molar-refractivity contribution in [3.8, 4) is 28.4 Å². The van der Waals surface area contributed by atoms with Crippen LogP contribution in [0.25, 0.3) is 21.9 Å². The number of ether oxygens (including phenoxy) is 3. The normalized spacial score (nSPS) is 10.7. The van der Waals surface area contributed by atoms with Gasteiger partial charge >= 0.3 is 0 Å². The maximum atomic E-state index is 5.82. The number of nitrogens with one attached hydrogen (secondary N) is 1. The summed E-state index contributed by atoms with van der Waals surface area (Å²) in [4.78, 5) is 0. The average molecular weight is 365 g/mol. The van der Waals surface area contributed by atoms with Crippen LogP contribution in [0.4, 0.5) is 5.69 Å². The van der Waals surface area contributed by atoms with Crippen LogP contribution in [0.3, 0.4) is 0 Å². The van der Waals surface area contributed by atoms with Gasteiger partial charge in [-0.15, -0.1) is 0 Å². The van der Waals surface area contributed by atoms with E-state index in [4.69, 9.17) is 14.2 Å². The Morgan fingerprint density at radius 1 is 0.889 bits per heavy atom. The highest BCUT2D eigenvalue weighted by Crippen LogP contribution is 2.42. The largest absolute Gasteiger partial charge is 0.494 e. The molecule has 3 aromatic rings. The number of rotatable bonds is 6. The minimum atomic E-state index is 0.649. The van der Waals surface area contributed by atoms with Gasteiger partial charge in [-0.3, -0.25) is 0 Å². The predicted molar refractivity (Wildman–Crippen MR) is 113 cm³/mol. The molecule has 3 rings (SSSR count). The maximum absolute atomic E-state index is 5.82. The molecule has 142 valence electrons. The molecule has 0 fully saturated rings. The smallest absolute Gasteiger partial charge is 0.164 e. The lowest BCUT2D eigenvalue weighted by Gasteiger charge is -2.19. The van der Waals surface area contributed by atoms with Crippen LogP contribution in [0, 0.1) is 13.8 Å². The van der Waals surface area contributed by atoms with E-state index in [1.54, 1.807) is 14.2 Å². The number of aryl methyl sites for hydroxylation is 1. The van der Waals surface area contributed by atoms with Crippen LogP contribution in [0.5, 0.6) is 17.2 Å². The van der Waals surface area contributed by atoms with Crippen LogP contribution in [0.1, 0.15) is 18.1 Å². The topological polar surface area (TPSA) is 39.7 Å². The Bertz CT molecular complexity index is 979. The number of benzene rings is 3. The number of fused-ring (bicyclic) bond motifs is 1. The molecule has 0 aliphatic carbocycles. The predicted octanol–water partition coefficient (Wildman–Crippen LogP) is 5.58. The Balaban J connectivity index is 2.28. The maximum Gasteiger partial charge on any atom is 0.164 e. The molecule has 0 unspecified atom stereocenters. The van der Waals surface area contributed by atoms with Crippen LogP contribution >= 0.6 is 0 Å². The molecule has 1 N–H and O–H groups in total. The van der Waals surface area contributed by atoms with Gasteiger partial charge in [0.1, 0.15) is 5.75 Å². The third-order valence-corrected chi connectivity index (χ3v) is 4.95. The van der Waals surface area contributed by atoms with Crippen LogP contribution in [-0.2, 0) is 0 Å². The van der Waals surface area contributed by atoms with Crippen molar-refractivity contribution in [2.45, 2.75) is 20.8 Å². The molecule has 4 nitrogen and oxygen atoms in total. The molecule has 3 aromatic carbocycles. The van der Waals surface area contributed by atoms with Crippen molar-refractivity contribution in [2.24, 2.45) is 0 Å². The highest BCUT2D eigenvalue weighted by molar-refractivity contribution is 6.03. The highest BCUT2D eigenvalue weighted by Gasteiger charge is 2.17. The molecular formula is C23H27NO3. The second-order valence-corrected chi connectivity index (χ2v) is 6.48. The van der Waals surface area contributed by atoms with E-state index in [9.17, 15) is 0 Å². The first-order chi connectivity index (χ1) is 13.0. The first-order valence-corrected chi connectivity index (χ1v) is 9.15. The second kappa shape index (κ2) is 7.78.